The number of hydrogen-bond acceptors (Lipinski definition) is 4. The second-order valence-electron chi connectivity index (χ2n) is 5.44. The molecule has 1 aliphatic rings. The van der Waals surface area contributed by atoms with Crippen LogP contribution in [0.15, 0.2) is 42.5 Å². The molecule has 0 spiro atoms. The smallest absolute Gasteiger partial charge is 0.233 e. The molecule has 1 aromatic heterocycles. The van der Waals surface area contributed by atoms with Gasteiger partial charge in [-0.25, -0.2) is 4.98 Å². The molecule has 1 aliphatic heterocycles. The lowest BCUT2D eigenvalue weighted by molar-refractivity contribution is -0.121. The van der Waals surface area contributed by atoms with Crippen LogP contribution in [0.2, 0.25) is 5.02 Å². The van der Waals surface area contributed by atoms with Gasteiger partial charge < -0.3 is 10.1 Å². The van der Waals surface area contributed by atoms with E-state index in [1.807, 2.05) is 36.4 Å². The molecule has 1 N–H and O–H groups in total. The average molecular weight is 345 g/mol. The third-order valence-corrected chi connectivity index (χ3v) is 5.00. The molecule has 0 radical (unpaired) electrons. The summed E-state index contributed by atoms with van der Waals surface area (Å²) in [5, 5.41) is 4.15. The number of hydrogen-bond donors (Lipinski definition) is 1. The Hall–Kier alpha value is -2.11. The highest BCUT2D eigenvalue weighted by Crippen LogP contribution is 2.30. The molecular formula is C17H13ClN2O2S. The lowest BCUT2D eigenvalue weighted by atomic mass is 9.96. The fourth-order valence-corrected chi connectivity index (χ4v) is 3.80. The van der Waals surface area contributed by atoms with Crippen molar-refractivity contribution in [1.82, 2.24) is 4.98 Å². The maximum absolute atomic E-state index is 12.5. The number of amides is 1. The Morgan fingerprint density at radius 1 is 1.30 bits per heavy atom. The van der Waals surface area contributed by atoms with Crippen LogP contribution in [0.5, 0.6) is 5.75 Å². The van der Waals surface area contributed by atoms with E-state index in [1.165, 1.54) is 11.3 Å². The molecule has 3 aromatic rings. The van der Waals surface area contributed by atoms with Crippen LogP contribution in [0, 0.1) is 5.92 Å². The van der Waals surface area contributed by atoms with Gasteiger partial charge in [-0.15, -0.1) is 0 Å². The van der Waals surface area contributed by atoms with Crippen molar-refractivity contribution in [3.63, 3.8) is 0 Å². The van der Waals surface area contributed by atoms with Crippen LogP contribution in [-0.2, 0) is 11.2 Å². The summed E-state index contributed by atoms with van der Waals surface area (Å²) in [6, 6.07) is 13.3. The Kier molecular flexibility index (Phi) is 3.67. The van der Waals surface area contributed by atoms with Crippen LogP contribution in [0.4, 0.5) is 5.13 Å². The number of halogens is 1. The van der Waals surface area contributed by atoms with Crippen LogP contribution in [0.3, 0.4) is 0 Å². The van der Waals surface area contributed by atoms with Crippen molar-refractivity contribution in [2.75, 3.05) is 11.9 Å². The number of ether oxygens (including phenoxy) is 1. The highest BCUT2D eigenvalue weighted by molar-refractivity contribution is 7.22. The van der Waals surface area contributed by atoms with Crippen molar-refractivity contribution < 1.29 is 9.53 Å². The number of nitrogens with one attached hydrogen (secondary N) is 1. The van der Waals surface area contributed by atoms with Crippen molar-refractivity contribution in [2.24, 2.45) is 5.92 Å². The van der Waals surface area contributed by atoms with Gasteiger partial charge in [-0.05, 0) is 36.2 Å². The fourth-order valence-electron chi connectivity index (χ4n) is 2.66. The van der Waals surface area contributed by atoms with E-state index in [4.69, 9.17) is 16.3 Å². The highest BCUT2D eigenvalue weighted by atomic mass is 35.5. The van der Waals surface area contributed by atoms with Gasteiger partial charge in [0.05, 0.1) is 16.1 Å². The fraction of sp³-hybridized carbons (Fsp3) is 0.176. The molecule has 0 aliphatic carbocycles. The summed E-state index contributed by atoms with van der Waals surface area (Å²) in [4.78, 5) is 16.9. The molecule has 116 valence electrons. The molecule has 1 unspecified atom stereocenters. The number of benzene rings is 2. The van der Waals surface area contributed by atoms with Crippen molar-refractivity contribution in [3.05, 3.63) is 53.1 Å². The molecular weight excluding hydrogens is 332 g/mol. The van der Waals surface area contributed by atoms with Gasteiger partial charge >= 0.3 is 0 Å². The predicted molar refractivity (Wildman–Crippen MR) is 92.4 cm³/mol. The maximum Gasteiger partial charge on any atom is 0.233 e. The lowest BCUT2D eigenvalue weighted by Crippen LogP contribution is -2.32. The Morgan fingerprint density at radius 2 is 2.17 bits per heavy atom. The zero-order valence-corrected chi connectivity index (χ0v) is 13.7. The molecule has 1 atom stereocenters. The Bertz CT molecular complexity index is 893. The van der Waals surface area contributed by atoms with Crippen molar-refractivity contribution in [1.29, 1.82) is 0 Å². The van der Waals surface area contributed by atoms with E-state index >= 15 is 0 Å². The second kappa shape index (κ2) is 5.83. The van der Waals surface area contributed by atoms with Crippen LogP contribution in [0.1, 0.15) is 5.56 Å². The van der Waals surface area contributed by atoms with E-state index in [0.29, 0.717) is 23.2 Å². The predicted octanol–water partition coefficient (Wildman–Crippen LogP) is 4.14. The lowest BCUT2D eigenvalue weighted by Gasteiger charge is -2.24. The highest BCUT2D eigenvalue weighted by Gasteiger charge is 2.26. The van der Waals surface area contributed by atoms with E-state index in [1.54, 1.807) is 6.07 Å². The summed E-state index contributed by atoms with van der Waals surface area (Å²) in [5.74, 6) is 0.594. The molecule has 0 fully saturated rings. The van der Waals surface area contributed by atoms with E-state index < -0.39 is 0 Å². The zero-order valence-electron chi connectivity index (χ0n) is 12.1. The Labute approximate surface area is 142 Å². The molecule has 23 heavy (non-hydrogen) atoms. The molecule has 4 rings (SSSR count). The van der Waals surface area contributed by atoms with Gasteiger partial charge in [-0.1, -0.05) is 41.1 Å². The summed E-state index contributed by atoms with van der Waals surface area (Å²) in [6.07, 6.45) is 0.679. The standard InChI is InChI=1S/C17H13ClN2O2S/c18-12-5-6-13-15(8-12)23-17(19-13)20-16(21)11-7-10-3-1-2-4-14(10)22-9-11/h1-6,8,11H,7,9H2,(H,19,20,21). The normalized spacial score (nSPS) is 16.7. The first-order chi connectivity index (χ1) is 11.2. The van der Waals surface area contributed by atoms with Gasteiger partial charge in [0.2, 0.25) is 5.91 Å². The number of nitrogens with zero attached hydrogens (tertiary/aromatic N) is 1. The SMILES string of the molecule is O=C(Nc1nc2ccc(Cl)cc2s1)C1COc2ccccc2C1. The molecule has 0 saturated carbocycles. The number of thiazole rings is 1. The third kappa shape index (κ3) is 2.90. The van der Waals surface area contributed by atoms with Crippen molar-refractivity contribution in [2.45, 2.75) is 6.42 Å². The monoisotopic (exact) mass is 344 g/mol. The summed E-state index contributed by atoms with van der Waals surface area (Å²) >= 11 is 7.40. The Balaban J connectivity index is 1.51. The first kappa shape index (κ1) is 14.5. The number of aromatic nitrogens is 1. The molecule has 4 nitrogen and oxygen atoms in total. The van der Waals surface area contributed by atoms with E-state index in [9.17, 15) is 4.79 Å². The van der Waals surface area contributed by atoms with Gasteiger partial charge in [-0.3, -0.25) is 4.79 Å². The summed E-state index contributed by atoms with van der Waals surface area (Å²) in [7, 11) is 0. The van der Waals surface area contributed by atoms with Gasteiger partial charge in [0, 0.05) is 5.02 Å². The van der Waals surface area contributed by atoms with Crippen LogP contribution < -0.4 is 10.1 Å². The van der Waals surface area contributed by atoms with E-state index in [-0.39, 0.29) is 11.8 Å². The summed E-state index contributed by atoms with van der Waals surface area (Å²) < 4.78 is 6.63. The number of carbonyl (C=O) groups is 1. The minimum atomic E-state index is -0.208. The van der Waals surface area contributed by atoms with E-state index in [2.05, 4.69) is 10.3 Å². The molecule has 0 bridgehead atoms. The topological polar surface area (TPSA) is 51.2 Å². The first-order valence-corrected chi connectivity index (χ1v) is 8.46. The minimum Gasteiger partial charge on any atom is -0.492 e. The number of anilines is 1. The van der Waals surface area contributed by atoms with Crippen LogP contribution in [0.25, 0.3) is 10.2 Å². The van der Waals surface area contributed by atoms with Crippen LogP contribution in [-0.4, -0.2) is 17.5 Å². The van der Waals surface area contributed by atoms with Crippen molar-refractivity contribution in [3.8, 4) is 5.75 Å². The number of fused-ring (bicyclic) bond motifs is 2. The first-order valence-electron chi connectivity index (χ1n) is 7.27. The maximum atomic E-state index is 12.5. The van der Waals surface area contributed by atoms with Gasteiger partial charge in [0.25, 0.3) is 0 Å². The summed E-state index contributed by atoms with van der Waals surface area (Å²) in [6.45, 7) is 0.388. The minimum absolute atomic E-state index is 0.0651. The molecule has 0 saturated heterocycles. The molecule has 2 aromatic carbocycles. The largest absolute Gasteiger partial charge is 0.492 e. The average Bonchev–Trinajstić information content (AvgIpc) is 2.95. The van der Waals surface area contributed by atoms with E-state index in [0.717, 1.165) is 21.5 Å². The summed E-state index contributed by atoms with van der Waals surface area (Å²) in [5.41, 5.74) is 1.90. The Morgan fingerprint density at radius 3 is 3.09 bits per heavy atom. The van der Waals surface area contributed by atoms with Crippen molar-refractivity contribution >= 4 is 44.2 Å². The number of rotatable bonds is 2. The van der Waals surface area contributed by atoms with Gasteiger partial charge in [0.1, 0.15) is 12.4 Å². The third-order valence-electron chi connectivity index (χ3n) is 3.83. The molecule has 2 heterocycles. The number of carbonyl (C=O) groups excluding carboxylic acids is 1. The molecule has 6 heteroatoms. The van der Waals surface area contributed by atoms with Gasteiger partial charge in [0.15, 0.2) is 5.13 Å². The second-order valence-corrected chi connectivity index (χ2v) is 6.91. The molecule has 1 amide bonds. The van der Waals surface area contributed by atoms with Crippen LogP contribution >= 0.6 is 22.9 Å². The van der Waals surface area contributed by atoms with Gasteiger partial charge in [-0.2, -0.15) is 0 Å². The number of para-hydroxylation sites is 1. The quantitative estimate of drug-likeness (QED) is 0.760. The zero-order chi connectivity index (χ0) is 15.8.